The first-order chi connectivity index (χ1) is 21.1. The average molecular weight is 650 g/mol. The van der Waals surface area contributed by atoms with Crippen LogP contribution in [0, 0.1) is 5.82 Å². The molecule has 1 aliphatic heterocycles. The average Bonchev–Trinajstić information content (AvgIpc) is 3.00. The van der Waals surface area contributed by atoms with Crippen molar-refractivity contribution in [2.24, 2.45) is 0 Å². The van der Waals surface area contributed by atoms with Gasteiger partial charge in [0.15, 0.2) is 0 Å². The summed E-state index contributed by atoms with van der Waals surface area (Å²) in [5.74, 6) is -2.18. The van der Waals surface area contributed by atoms with Gasteiger partial charge in [0, 0.05) is 25.4 Å². The fraction of sp³-hybridized carbons (Fsp3) is 0.406. The van der Waals surface area contributed by atoms with Gasteiger partial charge < -0.3 is 9.64 Å². The third-order valence-electron chi connectivity index (χ3n) is 8.07. The van der Waals surface area contributed by atoms with E-state index in [1.54, 1.807) is 18.7 Å². The number of pyridine rings is 1. The highest BCUT2D eigenvalue weighted by Gasteiger charge is 2.45. The molecule has 13 heteroatoms. The number of sulfonamides is 1. The van der Waals surface area contributed by atoms with Crippen LogP contribution in [0.15, 0.2) is 60.7 Å². The third kappa shape index (κ3) is 7.99. The van der Waals surface area contributed by atoms with Crippen molar-refractivity contribution in [3.05, 3.63) is 88.9 Å². The Bertz CT molecular complexity index is 1640. The Labute approximate surface area is 259 Å². The fourth-order valence-corrected chi connectivity index (χ4v) is 6.15. The van der Waals surface area contributed by atoms with Crippen LogP contribution in [0.3, 0.4) is 0 Å². The number of esters is 1. The van der Waals surface area contributed by atoms with Crippen molar-refractivity contribution in [3.8, 4) is 0 Å². The smallest absolute Gasteiger partial charge is 0.433 e. The number of rotatable bonds is 11. The van der Waals surface area contributed by atoms with E-state index in [2.05, 4.69) is 9.71 Å². The van der Waals surface area contributed by atoms with Gasteiger partial charge >= 0.3 is 12.1 Å². The summed E-state index contributed by atoms with van der Waals surface area (Å²) < 4.78 is 86.0. The number of nitrogens with zero attached hydrogens (tertiary/aromatic N) is 2. The van der Waals surface area contributed by atoms with Crippen LogP contribution in [0.5, 0.6) is 0 Å². The summed E-state index contributed by atoms with van der Waals surface area (Å²) in [6, 6.07) is 15.1. The van der Waals surface area contributed by atoms with Crippen molar-refractivity contribution >= 4 is 33.3 Å². The first-order valence-corrected chi connectivity index (χ1v) is 16.4. The van der Waals surface area contributed by atoms with Crippen LogP contribution in [0.2, 0.25) is 0 Å². The lowest BCUT2D eigenvalue weighted by molar-refractivity contribution is -0.151. The van der Waals surface area contributed by atoms with E-state index in [4.69, 9.17) is 4.74 Å². The van der Waals surface area contributed by atoms with E-state index in [1.165, 1.54) is 18.2 Å². The number of alkyl halides is 3. The van der Waals surface area contributed by atoms with Crippen molar-refractivity contribution in [1.82, 2.24) is 4.98 Å². The summed E-state index contributed by atoms with van der Waals surface area (Å²) in [7, 11) is -3.70. The Hall–Kier alpha value is -4.00. The van der Waals surface area contributed by atoms with Crippen LogP contribution < -0.4 is 9.62 Å². The van der Waals surface area contributed by atoms with E-state index in [0.29, 0.717) is 24.0 Å². The van der Waals surface area contributed by atoms with Gasteiger partial charge in [-0.25, -0.2) is 17.8 Å². The standard InChI is InChI=1S/C32H35F4N3O5S/c1-4-44-30(41)31(24-8-6-5-7-9-24)16-18-39(19-17-31)29-22(12-15-28(37-29)32(34,35)36)11-14-27(40)21(2)23-10-13-26(25(33)20-23)38-45(3,42)43/h5-10,12-13,15,20-21,38H,4,11,14,16-19H2,1-3H3. The van der Waals surface area contributed by atoms with Gasteiger partial charge in [0.2, 0.25) is 10.0 Å². The number of aromatic nitrogens is 1. The maximum atomic E-state index is 14.5. The van der Waals surface area contributed by atoms with Crippen LogP contribution in [-0.4, -0.2) is 51.1 Å². The molecule has 0 amide bonds. The Morgan fingerprint density at radius 3 is 2.31 bits per heavy atom. The largest absolute Gasteiger partial charge is 0.465 e. The predicted octanol–water partition coefficient (Wildman–Crippen LogP) is 6.02. The number of ketones is 1. The quantitative estimate of drug-likeness (QED) is 0.200. The molecule has 1 fully saturated rings. The van der Waals surface area contributed by atoms with Gasteiger partial charge in [0.25, 0.3) is 0 Å². The number of aryl methyl sites for hydroxylation is 1. The fourth-order valence-electron chi connectivity index (χ4n) is 5.58. The van der Waals surface area contributed by atoms with Gasteiger partial charge in [-0.2, -0.15) is 13.2 Å². The van der Waals surface area contributed by atoms with E-state index < -0.39 is 39.0 Å². The molecule has 1 N–H and O–H groups in total. The number of carbonyl (C=O) groups excluding carboxylic acids is 2. The van der Waals surface area contributed by atoms with Crippen molar-refractivity contribution in [2.45, 2.75) is 57.0 Å². The Kier molecular flexibility index (Phi) is 10.2. The molecule has 8 nitrogen and oxygen atoms in total. The molecule has 1 unspecified atom stereocenters. The number of nitrogens with one attached hydrogen (secondary N) is 1. The number of hydrogen-bond donors (Lipinski definition) is 1. The van der Waals surface area contributed by atoms with Gasteiger partial charge in [-0.1, -0.05) is 49.4 Å². The second-order valence-electron chi connectivity index (χ2n) is 11.1. The Morgan fingerprint density at radius 1 is 1.07 bits per heavy atom. The van der Waals surface area contributed by atoms with Crippen LogP contribution in [0.1, 0.15) is 61.4 Å². The second-order valence-corrected chi connectivity index (χ2v) is 12.9. The van der Waals surface area contributed by atoms with Gasteiger partial charge in [-0.15, -0.1) is 0 Å². The minimum Gasteiger partial charge on any atom is -0.465 e. The molecule has 3 aromatic rings. The third-order valence-corrected chi connectivity index (χ3v) is 8.66. The molecular weight excluding hydrogens is 614 g/mol. The Balaban J connectivity index is 1.55. The monoisotopic (exact) mass is 649 g/mol. The molecule has 1 saturated heterocycles. The van der Waals surface area contributed by atoms with Gasteiger partial charge in [-0.3, -0.25) is 14.3 Å². The van der Waals surface area contributed by atoms with E-state index in [0.717, 1.165) is 24.0 Å². The van der Waals surface area contributed by atoms with E-state index in [-0.39, 0.29) is 55.8 Å². The molecule has 0 saturated carbocycles. The van der Waals surface area contributed by atoms with Crippen molar-refractivity contribution in [2.75, 3.05) is 35.6 Å². The summed E-state index contributed by atoms with van der Waals surface area (Å²) in [5.41, 5.74) is -0.730. The minimum atomic E-state index is -4.69. The number of ether oxygens (including phenoxy) is 1. The Morgan fingerprint density at radius 2 is 1.73 bits per heavy atom. The lowest BCUT2D eigenvalue weighted by Gasteiger charge is -2.41. The zero-order valence-electron chi connectivity index (χ0n) is 25.2. The molecule has 242 valence electrons. The second kappa shape index (κ2) is 13.6. The molecular formula is C32H35F4N3O5S. The van der Waals surface area contributed by atoms with Crippen LogP contribution >= 0.6 is 0 Å². The zero-order valence-corrected chi connectivity index (χ0v) is 26.0. The molecule has 0 aliphatic carbocycles. The maximum absolute atomic E-state index is 14.5. The molecule has 4 rings (SSSR count). The van der Waals surface area contributed by atoms with E-state index in [9.17, 15) is 35.6 Å². The van der Waals surface area contributed by atoms with Crippen molar-refractivity contribution < 1.29 is 40.3 Å². The zero-order chi connectivity index (χ0) is 33.0. The summed E-state index contributed by atoms with van der Waals surface area (Å²) in [6.07, 6.45) is -3.19. The van der Waals surface area contributed by atoms with Crippen LogP contribution in [0.25, 0.3) is 0 Å². The highest BCUT2D eigenvalue weighted by atomic mass is 32.2. The molecule has 1 atom stereocenters. The number of halogens is 4. The minimum absolute atomic E-state index is 0.0587. The SMILES string of the molecule is CCOC(=O)C1(c2ccccc2)CCN(c2nc(C(F)(F)F)ccc2CCC(=O)C(C)c2ccc(NS(C)(=O)=O)c(F)c2)CC1. The number of benzene rings is 2. The molecule has 1 aromatic heterocycles. The number of hydrogen-bond acceptors (Lipinski definition) is 7. The molecule has 0 radical (unpaired) electrons. The molecule has 2 heterocycles. The highest BCUT2D eigenvalue weighted by molar-refractivity contribution is 7.92. The van der Waals surface area contributed by atoms with E-state index >= 15 is 0 Å². The van der Waals surface area contributed by atoms with Gasteiger partial charge in [0.05, 0.1) is 24.0 Å². The molecule has 45 heavy (non-hydrogen) atoms. The lowest BCUT2D eigenvalue weighted by atomic mass is 9.72. The van der Waals surface area contributed by atoms with Gasteiger partial charge in [-0.05, 0) is 61.1 Å². The molecule has 1 aliphatic rings. The summed E-state index contributed by atoms with van der Waals surface area (Å²) in [4.78, 5) is 32.0. The van der Waals surface area contributed by atoms with Gasteiger partial charge in [0.1, 0.15) is 23.1 Å². The summed E-state index contributed by atoms with van der Waals surface area (Å²) in [6.45, 7) is 3.95. The van der Waals surface area contributed by atoms with E-state index in [1.807, 2.05) is 30.3 Å². The molecule has 2 aromatic carbocycles. The van der Waals surface area contributed by atoms with Crippen molar-refractivity contribution in [3.63, 3.8) is 0 Å². The maximum Gasteiger partial charge on any atom is 0.433 e. The van der Waals surface area contributed by atoms with Crippen molar-refractivity contribution in [1.29, 1.82) is 0 Å². The summed E-state index contributed by atoms with van der Waals surface area (Å²) >= 11 is 0. The summed E-state index contributed by atoms with van der Waals surface area (Å²) in [5, 5.41) is 0. The predicted molar refractivity (Wildman–Crippen MR) is 162 cm³/mol. The number of Topliss-reactive ketones (excluding diaryl/α,β-unsaturated/α-hetero) is 1. The normalized spacial score (nSPS) is 15.8. The molecule has 0 spiro atoms. The topological polar surface area (TPSA) is 106 Å². The van der Waals surface area contributed by atoms with Crippen LogP contribution in [0.4, 0.5) is 29.1 Å². The number of anilines is 2. The number of piperidine rings is 1. The highest BCUT2D eigenvalue weighted by Crippen LogP contribution is 2.40. The van der Waals surface area contributed by atoms with Crippen LogP contribution in [-0.2, 0) is 42.4 Å². The lowest BCUT2D eigenvalue weighted by Crippen LogP contribution is -2.48. The number of carbonyl (C=O) groups is 2. The molecule has 0 bridgehead atoms. The first kappa shape index (κ1) is 33.9. The first-order valence-electron chi connectivity index (χ1n) is 14.5.